The van der Waals surface area contributed by atoms with Crippen LogP contribution < -0.4 is 4.90 Å². The van der Waals surface area contributed by atoms with E-state index in [0.717, 1.165) is 13.0 Å². The van der Waals surface area contributed by atoms with Crippen LogP contribution in [0.15, 0.2) is 24.3 Å². The average Bonchev–Trinajstić information content (AvgIpc) is 2.29. The molecule has 16 heavy (non-hydrogen) atoms. The smallest absolute Gasteiger partial charge is 0.132 e. The summed E-state index contributed by atoms with van der Waals surface area (Å²) in [6.45, 7) is 4.98. The van der Waals surface area contributed by atoms with Gasteiger partial charge in [0.1, 0.15) is 5.78 Å². The molecule has 0 unspecified atom stereocenters. The molecule has 0 amide bonds. The van der Waals surface area contributed by atoms with Gasteiger partial charge in [0.2, 0.25) is 0 Å². The Labute approximate surface area is 98.3 Å². The summed E-state index contributed by atoms with van der Waals surface area (Å²) < 4.78 is 0. The highest BCUT2D eigenvalue weighted by Crippen LogP contribution is 2.18. The number of carbonyl (C=O) groups excluding carboxylic acids is 1. The lowest BCUT2D eigenvalue weighted by atomic mass is 10.1. The van der Waals surface area contributed by atoms with E-state index in [4.69, 9.17) is 0 Å². The fraction of sp³-hybridized carbons (Fsp3) is 0.500. The molecule has 88 valence electrons. The standard InChI is InChI=1S/C14H21NO/c1-4-13(16)9-7-11-15(3)14-10-6-5-8-12(14)2/h5-6,8,10H,4,7,9,11H2,1-3H3. The number of anilines is 1. The van der Waals surface area contributed by atoms with Crippen molar-refractivity contribution in [3.05, 3.63) is 29.8 Å². The molecule has 0 aromatic heterocycles. The first kappa shape index (κ1) is 12.8. The number of hydrogen-bond donors (Lipinski definition) is 0. The van der Waals surface area contributed by atoms with Crippen LogP contribution in [-0.4, -0.2) is 19.4 Å². The van der Waals surface area contributed by atoms with Gasteiger partial charge in [0.25, 0.3) is 0 Å². The van der Waals surface area contributed by atoms with Crippen LogP contribution in [0.3, 0.4) is 0 Å². The minimum Gasteiger partial charge on any atom is -0.374 e. The molecule has 1 aromatic rings. The molecule has 0 fully saturated rings. The molecule has 0 aliphatic rings. The highest BCUT2D eigenvalue weighted by molar-refractivity contribution is 5.77. The van der Waals surface area contributed by atoms with Crippen molar-refractivity contribution < 1.29 is 4.79 Å². The van der Waals surface area contributed by atoms with E-state index in [0.29, 0.717) is 18.6 Å². The third kappa shape index (κ3) is 3.69. The number of hydrogen-bond acceptors (Lipinski definition) is 2. The predicted molar refractivity (Wildman–Crippen MR) is 69.0 cm³/mol. The van der Waals surface area contributed by atoms with Crippen molar-refractivity contribution in [2.45, 2.75) is 33.1 Å². The second-order valence-electron chi connectivity index (χ2n) is 4.20. The molecular weight excluding hydrogens is 198 g/mol. The molecule has 0 spiro atoms. The van der Waals surface area contributed by atoms with Crippen LogP contribution in [-0.2, 0) is 4.79 Å². The second kappa shape index (κ2) is 6.31. The fourth-order valence-corrected chi connectivity index (χ4v) is 1.80. The topological polar surface area (TPSA) is 20.3 Å². The summed E-state index contributed by atoms with van der Waals surface area (Å²) in [6, 6.07) is 8.34. The molecular formula is C14H21NO. The fourth-order valence-electron chi connectivity index (χ4n) is 1.80. The molecule has 2 nitrogen and oxygen atoms in total. The lowest BCUT2D eigenvalue weighted by molar-refractivity contribution is -0.118. The molecule has 0 N–H and O–H groups in total. The van der Waals surface area contributed by atoms with Crippen molar-refractivity contribution in [3.63, 3.8) is 0 Å². The molecule has 1 aromatic carbocycles. The molecule has 2 heteroatoms. The highest BCUT2D eigenvalue weighted by Gasteiger charge is 2.04. The first-order chi connectivity index (χ1) is 7.65. The Kier molecular flexibility index (Phi) is 5.03. The molecule has 0 radical (unpaired) electrons. The maximum Gasteiger partial charge on any atom is 0.132 e. The Hall–Kier alpha value is -1.31. The van der Waals surface area contributed by atoms with Gasteiger partial charge in [0.15, 0.2) is 0 Å². The van der Waals surface area contributed by atoms with Crippen molar-refractivity contribution in [1.82, 2.24) is 0 Å². The van der Waals surface area contributed by atoms with Crippen LogP contribution in [0.5, 0.6) is 0 Å². The number of Topliss-reactive ketones (excluding diaryl/α,β-unsaturated/α-hetero) is 1. The Bertz CT molecular complexity index is 346. The van der Waals surface area contributed by atoms with Gasteiger partial charge in [-0.2, -0.15) is 0 Å². The molecule has 0 aliphatic heterocycles. The van der Waals surface area contributed by atoms with Crippen molar-refractivity contribution in [2.75, 3.05) is 18.5 Å². The summed E-state index contributed by atoms with van der Waals surface area (Å²) in [5.74, 6) is 0.359. The minimum absolute atomic E-state index is 0.359. The SMILES string of the molecule is CCC(=O)CCCN(C)c1ccccc1C. The van der Waals surface area contributed by atoms with E-state index in [1.54, 1.807) is 0 Å². The van der Waals surface area contributed by atoms with Crippen LogP contribution >= 0.6 is 0 Å². The van der Waals surface area contributed by atoms with Gasteiger partial charge in [-0.05, 0) is 25.0 Å². The Morgan fingerprint density at radius 2 is 2.00 bits per heavy atom. The van der Waals surface area contributed by atoms with Gasteiger partial charge in [-0.3, -0.25) is 4.79 Å². The van der Waals surface area contributed by atoms with Crippen molar-refractivity contribution >= 4 is 11.5 Å². The van der Waals surface area contributed by atoms with Crippen LogP contribution in [0.2, 0.25) is 0 Å². The van der Waals surface area contributed by atoms with Gasteiger partial charge in [-0.1, -0.05) is 25.1 Å². The van der Waals surface area contributed by atoms with Crippen LogP contribution in [0.4, 0.5) is 5.69 Å². The highest BCUT2D eigenvalue weighted by atomic mass is 16.1. The Morgan fingerprint density at radius 3 is 2.62 bits per heavy atom. The minimum atomic E-state index is 0.359. The van der Waals surface area contributed by atoms with Gasteiger partial charge in [-0.15, -0.1) is 0 Å². The summed E-state index contributed by atoms with van der Waals surface area (Å²) in [6.07, 6.45) is 2.30. The quantitative estimate of drug-likeness (QED) is 0.732. The van der Waals surface area contributed by atoms with Gasteiger partial charge in [0, 0.05) is 32.1 Å². The van der Waals surface area contributed by atoms with Gasteiger partial charge in [-0.25, -0.2) is 0 Å². The maximum atomic E-state index is 11.2. The zero-order valence-electron chi connectivity index (χ0n) is 10.5. The number of benzene rings is 1. The molecule has 0 aliphatic carbocycles. The molecule has 0 atom stereocenters. The molecule has 0 saturated heterocycles. The number of nitrogens with zero attached hydrogens (tertiary/aromatic N) is 1. The number of aryl methyl sites for hydroxylation is 1. The zero-order valence-corrected chi connectivity index (χ0v) is 10.5. The Balaban J connectivity index is 2.44. The third-order valence-electron chi connectivity index (χ3n) is 2.87. The van der Waals surface area contributed by atoms with E-state index in [1.807, 2.05) is 13.0 Å². The summed E-state index contributed by atoms with van der Waals surface area (Å²) in [5.41, 5.74) is 2.54. The van der Waals surface area contributed by atoms with Gasteiger partial charge < -0.3 is 4.90 Å². The zero-order chi connectivity index (χ0) is 12.0. The second-order valence-corrected chi connectivity index (χ2v) is 4.20. The number of ketones is 1. The lowest BCUT2D eigenvalue weighted by Crippen LogP contribution is -2.20. The van der Waals surface area contributed by atoms with E-state index in [9.17, 15) is 4.79 Å². The van der Waals surface area contributed by atoms with Gasteiger partial charge >= 0.3 is 0 Å². The van der Waals surface area contributed by atoms with E-state index in [-0.39, 0.29) is 0 Å². The van der Waals surface area contributed by atoms with Crippen molar-refractivity contribution in [1.29, 1.82) is 0 Å². The summed E-state index contributed by atoms with van der Waals surface area (Å²) >= 11 is 0. The van der Waals surface area contributed by atoms with E-state index >= 15 is 0 Å². The van der Waals surface area contributed by atoms with E-state index in [1.165, 1.54) is 11.3 Å². The Morgan fingerprint density at radius 1 is 1.31 bits per heavy atom. The summed E-state index contributed by atoms with van der Waals surface area (Å²) in [4.78, 5) is 13.4. The average molecular weight is 219 g/mol. The normalized spacial score (nSPS) is 10.2. The van der Waals surface area contributed by atoms with Crippen LogP contribution in [0.1, 0.15) is 31.7 Å². The molecule has 0 heterocycles. The summed E-state index contributed by atoms with van der Waals surface area (Å²) in [5, 5.41) is 0. The largest absolute Gasteiger partial charge is 0.374 e. The molecule has 0 bridgehead atoms. The van der Waals surface area contributed by atoms with E-state index in [2.05, 4.69) is 37.1 Å². The lowest BCUT2D eigenvalue weighted by Gasteiger charge is -2.21. The number of rotatable bonds is 6. The van der Waals surface area contributed by atoms with Crippen molar-refractivity contribution in [2.24, 2.45) is 0 Å². The van der Waals surface area contributed by atoms with Gasteiger partial charge in [0.05, 0.1) is 0 Å². The first-order valence-corrected chi connectivity index (χ1v) is 5.93. The first-order valence-electron chi connectivity index (χ1n) is 5.93. The molecule has 0 saturated carbocycles. The van der Waals surface area contributed by atoms with E-state index < -0.39 is 0 Å². The third-order valence-corrected chi connectivity index (χ3v) is 2.87. The predicted octanol–water partition coefficient (Wildman–Crippen LogP) is 3.19. The van der Waals surface area contributed by atoms with Crippen LogP contribution in [0.25, 0.3) is 0 Å². The van der Waals surface area contributed by atoms with Crippen LogP contribution in [0, 0.1) is 6.92 Å². The monoisotopic (exact) mass is 219 g/mol. The maximum absolute atomic E-state index is 11.2. The van der Waals surface area contributed by atoms with Crippen molar-refractivity contribution in [3.8, 4) is 0 Å². The number of carbonyl (C=O) groups is 1. The number of para-hydroxylation sites is 1. The molecule has 1 rings (SSSR count). The summed E-state index contributed by atoms with van der Waals surface area (Å²) in [7, 11) is 2.08.